The maximum atomic E-state index is 12.1. The Balaban J connectivity index is 1.48. The first kappa shape index (κ1) is 14.0. The lowest BCUT2D eigenvalue weighted by molar-refractivity contribution is -0.140. The maximum Gasteiger partial charge on any atom is 0.340 e. The maximum absolute atomic E-state index is 12.1. The Hall–Kier alpha value is -0.940. The van der Waals surface area contributed by atoms with Gasteiger partial charge in [0.1, 0.15) is 0 Å². The summed E-state index contributed by atoms with van der Waals surface area (Å²) in [5.74, 6) is 0.573. The Morgan fingerprint density at radius 1 is 1.15 bits per heavy atom. The van der Waals surface area contributed by atoms with E-state index in [0.29, 0.717) is 5.90 Å². The van der Waals surface area contributed by atoms with E-state index in [1.165, 1.54) is 6.42 Å². The zero-order chi connectivity index (χ0) is 13.8. The molecule has 1 aliphatic carbocycles. The van der Waals surface area contributed by atoms with Gasteiger partial charge in [-0.2, -0.15) is 0 Å². The zero-order valence-corrected chi connectivity index (χ0v) is 12.1. The summed E-state index contributed by atoms with van der Waals surface area (Å²) in [5, 5.41) is 0. The number of carbonyl (C=O) groups is 1. The third-order valence-electron chi connectivity index (χ3n) is 4.58. The Labute approximate surface area is 120 Å². The van der Waals surface area contributed by atoms with E-state index in [9.17, 15) is 4.79 Å². The molecule has 0 atom stereocenters. The van der Waals surface area contributed by atoms with Gasteiger partial charge in [-0.05, 0) is 25.8 Å². The van der Waals surface area contributed by atoms with Crippen molar-refractivity contribution in [3.63, 3.8) is 0 Å². The highest BCUT2D eigenvalue weighted by Crippen LogP contribution is 2.36. The molecule has 0 unspecified atom stereocenters. The normalized spacial score (nSPS) is 26.6. The van der Waals surface area contributed by atoms with Crippen molar-refractivity contribution < 1.29 is 14.3 Å². The Morgan fingerprint density at radius 3 is 2.65 bits per heavy atom. The van der Waals surface area contributed by atoms with Crippen molar-refractivity contribution in [3.05, 3.63) is 0 Å². The third-order valence-corrected chi connectivity index (χ3v) is 4.58. The van der Waals surface area contributed by atoms with Gasteiger partial charge in [-0.1, -0.05) is 19.3 Å². The summed E-state index contributed by atoms with van der Waals surface area (Å²) in [4.78, 5) is 19.1. The van der Waals surface area contributed by atoms with Crippen LogP contribution in [0.2, 0.25) is 0 Å². The fourth-order valence-corrected chi connectivity index (χ4v) is 3.35. The number of rotatable bonds is 4. The molecule has 0 aromatic heterocycles. The highest BCUT2D eigenvalue weighted by atomic mass is 16.6. The fourth-order valence-electron chi connectivity index (χ4n) is 3.35. The SMILES string of the molecule is O=C1OC(CCCN2CCOCC2)=NC12CCCCC2. The number of hydrogen-bond acceptors (Lipinski definition) is 5. The number of cyclic esters (lactones) is 1. The van der Waals surface area contributed by atoms with Crippen LogP contribution in [0.5, 0.6) is 0 Å². The van der Waals surface area contributed by atoms with Crippen molar-refractivity contribution >= 4 is 11.9 Å². The lowest BCUT2D eigenvalue weighted by Crippen LogP contribution is -2.37. The van der Waals surface area contributed by atoms with Gasteiger partial charge in [-0.25, -0.2) is 9.79 Å². The second kappa shape index (κ2) is 6.22. The molecule has 1 spiro atoms. The lowest BCUT2D eigenvalue weighted by Gasteiger charge is -2.26. The smallest absolute Gasteiger partial charge is 0.340 e. The van der Waals surface area contributed by atoms with Gasteiger partial charge in [0.2, 0.25) is 0 Å². The molecule has 2 heterocycles. The van der Waals surface area contributed by atoms with Crippen LogP contribution >= 0.6 is 0 Å². The van der Waals surface area contributed by atoms with Crippen molar-refractivity contribution in [2.45, 2.75) is 50.5 Å². The molecule has 0 aromatic rings. The van der Waals surface area contributed by atoms with E-state index in [1.54, 1.807) is 0 Å². The molecule has 2 fully saturated rings. The van der Waals surface area contributed by atoms with Crippen LogP contribution in [0.4, 0.5) is 0 Å². The van der Waals surface area contributed by atoms with Crippen LogP contribution in [0.1, 0.15) is 44.9 Å². The Morgan fingerprint density at radius 2 is 1.90 bits per heavy atom. The van der Waals surface area contributed by atoms with E-state index >= 15 is 0 Å². The van der Waals surface area contributed by atoms with E-state index in [1.807, 2.05) is 0 Å². The number of nitrogens with zero attached hydrogens (tertiary/aromatic N) is 2. The average Bonchev–Trinajstić information content (AvgIpc) is 2.77. The fraction of sp³-hybridized carbons (Fsp3) is 0.867. The second-order valence-electron chi connectivity index (χ2n) is 6.04. The van der Waals surface area contributed by atoms with Gasteiger partial charge in [-0.15, -0.1) is 0 Å². The lowest BCUT2D eigenvalue weighted by atomic mass is 9.83. The molecule has 1 saturated heterocycles. The van der Waals surface area contributed by atoms with E-state index < -0.39 is 5.54 Å². The topological polar surface area (TPSA) is 51.1 Å². The van der Waals surface area contributed by atoms with Crippen LogP contribution < -0.4 is 0 Å². The highest BCUT2D eigenvalue weighted by molar-refractivity contribution is 6.00. The minimum absolute atomic E-state index is 0.0985. The first-order valence-corrected chi connectivity index (χ1v) is 7.90. The number of morpholine rings is 1. The van der Waals surface area contributed by atoms with Crippen molar-refractivity contribution in [1.29, 1.82) is 0 Å². The van der Waals surface area contributed by atoms with Crippen LogP contribution in [0.3, 0.4) is 0 Å². The summed E-state index contributed by atoms with van der Waals surface area (Å²) >= 11 is 0. The molecule has 0 bridgehead atoms. The van der Waals surface area contributed by atoms with Crippen molar-refractivity contribution in [3.8, 4) is 0 Å². The van der Waals surface area contributed by atoms with Gasteiger partial charge < -0.3 is 9.47 Å². The minimum Gasteiger partial charge on any atom is -0.410 e. The van der Waals surface area contributed by atoms with E-state index in [4.69, 9.17) is 9.47 Å². The predicted octanol–water partition coefficient (Wildman–Crippen LogP) is 1.76. The summed E-state index contributed by atoms with van der Waals surface area (Å²) in [6.07, 6.45) is 6.95. The molecule has 3 rings (SSSR count). The van der Waals surface area contributed by atoms with E-state index in [0.717, 1.165) is 71.4 Å². The van der Waals surface area contributed by atoms with Crippen molar-refractivity contribution in [2.24, 2.45) is 4.99 Å². The first-order chi connectivity index (χ1) is 9.78. The zero-order valence-electron chi connectivity index (χ0n) is 12.1. The van der Waals surface area contributed by atoms with Gasteiger partial charge in [0.05, 0.1) is 13.2 Å². The molecule has 5 nitrogen and oxygen atoms in total. The number of ether oxygens (including phenoxy) is 2. The first-order valence-electron chi connectivity index (χ1n) is 7.90. The van der Waals surface area contributed by atoms with Crippen LogP contribution in [-0.2, 0) is 14.3 Å². The summed E-state index contributed by atoms with van der Waals surface area (Å²) in [5.41, 5.74) is -0.507. The van der Waals surface area contributed by atoms with Gasteiger partial charge in [0.25, 0.3) is 0 Å². The largest absolute Gasteiger partial charge is 0.410 e. The number of carbonyl (C=O) groups excluding carboxylic acids is 1. The highest BCUT2D eigenvalue weighted by Gasteiger charge is 2.46. The van der Waals surface area contributed by atoms with Crippen molar-refractivity contribution in [2.75, 3.05) is 32.8 Å². The quantitative estimate of drug-likeness (QED) is 0.736. The molecule has 1 saturated carbocycles. The van der Waals surface area contributed by atoms with Crippen LogP contribution in [0.25, 0.3) is 0 Å². The summed E-state index contributed by atoms with van der Waals surface area (Å²) in [6.45, 7) is 4.72. The Kier molecular flexibility index (Phi) is 4.36. The van der Waals surface area contributed by atoms with Gasteiger partial charge in [-0.3, -0.25) is 4.90 Å². The molecule has 20 heavy (non-hydrogen) atoms. The second-order valence-corrected chi connectivity index (χ2v) is 6.04. The third kappa shape index (κ3) is 3.04. The standard InChI is InChI=1S/C15H24N2O3/c18-14-15(6-2-1-3-7-15)16-13(20-14)5-4-8-17-9-11-19-12-10-17/h1-12H2. The molecule has 0 amide bonds. The monoisotopic (exact) mass is 280 g/mol. The van der Waals surface area contributed by atoms with Crippen LogP contribution in [0.15, 0.2) is 4.99 Å². The number of aliphatic imine (C=N–C) groups is 1. The minimum atomic E-state index is -0.507. The molecule has 2 aliphatic heterocycles. The van der Waals surface area contributed by atoms with Gasteiger partial charge in [0, 0.05) is 19.5 Å². The van der Waals surface area contributed by atoms with Gasteiger partial charge >= 0.3 is 5.97 Å². The Bertz CT molecular complexity index is 383. The predicted molar refractivity (Wildman–Crippen MR) is 75.8 cm³/mol. The van der Waals surface area contributed by atoms with Crippen LogP contribution in [0, 0.1) is 0 Å². The van der Waals surface area contributed by atoms with Crippen LogP contribution in [-0.4, -0.2) is 55.2 Å². The molecular weight excluding hydrogens is 256 g/mol. The average molecular weight is 280 g/mol. The molecule has 0 aromatic carbocycles. The molecular formula is C15H24N2O3. The number of hydrogen-bond donors (Lipinski definition) is 0. The molecule has 112 valence electrons. The van der Waals surface area contributed by atoms with Crippen molar-refractivity contribution in [1.82, 2.24) is 4.90 Å². The molecule has 0 radical (unpaired) electrons. The van der Waals surface area contributed by atoms with E-state index in [2.05, 4.69) is 9.89 Å². The summed E-state index contributed by atoms with van der Waals surface area (Å²) in [6, 6.07) is 0. The van der Waals surface area contributed by atoms with Gasteiger partial charge in [0.15, 0.2) is 11.4 Å². The molecule has 0 N–H and O–H groups in total. The van der Waals surface area contributed by atoms with E-state index in [-0.39, 0.29) is 5.97 Å². The number of esters is 1. The summed E-state index contributed by atoms with van der Waals surface area (Å²) in [7, 11) is 0. The molecule has 3 aliphatic rings. The molecule has 5 heteroatoms. The summed E-state index contributed by atoms with van der Waals surface area (Å²) < 4.78 is 10.7.